The maximum Gasteiger partial charge on any atom is 0.410 e. The first-order valence-electron chi connectivity index (χ1n) is 8.77. The van der Waals surface area contributed by atoms with Crippen LogP contribution >= 0.6 is 24.0 Å². The summed E-state index contributed by atoms with van der Waals surface area (Å²) in [6.07, 6.45) is 2.99. The predicted molar refractivity (Wildman–Crippen MR) is 112 cm³/mol. The van der Waals surface area contributed by atoms with E-state index in [9.17, 15) is 4.79 Å². The van der Waals surface area contributed by atoms with Crippen molar-refractivity contribution in [1.82, 2.24) is 15.5 Å². The molecule has 1 rings (SSSR count). The lowest BCUT2D eigenvalue weighted by atomic mass is 9.95. The highest BCUT2D eigenvalue weighted by Gasteiger charge is 2.27. The average molecular weight is 470 g/mol. The van der Waals surface area contributed by atoms with E-state index in [4.69, 9.17) is 9.47 Å². The number of rotatable bonds is 6. The number of likely N-dealkylation sites (tertiary alicyclic amines) is 1. The maximum atomic E-state index is 12.2. The summed E-state index contributed by atoms with van der Waals surface area (Å²) in [5.41, 5.74) is -0.439. The highest BCUT2D eigenvalue weighted by atomic mass is 127. The summed E-state index contributed by atoms with van der Waals surface area (Å²) in [7, 11) is 3.43. The highest BCUT2D eigenvalue weighted by Crippen LogP contribution is 2.21. The third-order valence-electron chi connectivity index (χ3n) is 3.84. The summed E-state index contributed by atoms with van der Waals surface area (Å²) in [6, 6.07) is 0. The van der Waals surface area contributed by atoms with E-state index >= 15 is 0 Å². The Morgan fingerprint density at radius 3 is 2.56 bits per heavy atom. The summed E-state index contributed by atoms with van der Waals surface area (Å²) in [4.78, 5) is 18.2. The van der Waals surface area contributed by atoms with E-state index < -0.39 is 5.60 Å². The van der Waals surface area contributed by atoms with Gasteiger partial charge in [-0.25, -0.2) is 4.79 Å². The van der Waals surface area contributed by atoms with Crippen molar-refractivity contribution in [1.29, 1.82) is 0 Å². The van der Waals surface area contributed by atoms with Crippen LogP contribution < -0.4 is 10.6 Å². The van der Waals surface area contributed by atoms with Gasteiger partial charge in [-0.05, 0) is 46.0 Å². The van der Waals surface area contributed by atoms with E-state index in [1.54, 1.807) is 14.2 Å². The van der Waals surface area contributed by atoms with Crippen LogP contribution in [0.5, 0.6) is 0 Å². The largest absolute Gasteiger partial charge is 0.444 e. The van der Waals surface area contributed by atoms with Gasteiger partial charge in [0.2, 0.25) is 0 Å². The normalized spacial score (nSPS) is 18.4. The minimum Gasteiger partial charge on any atom is -0.444 e. The summed E-state index contributed by atoms with van der Waals surface area (Å²) < 4.78 is 10.5. The number of guanidine groups is 1. The van der Waals surface area contributed by atoms with Crippen molar-refractivity contribution in [3.8, 4) is 0 Å². The number of carbonyl (C=O) groups excluding carboxylic acids is 1. The fraction of sp³-hybridized carbons (Fsp3) is 0.882. The number of hydrogen-bond acceptors (Lipinski definition) is 4. The van der Waals surface area contributed by atoms with Crippen LogP contribution in [0, 0.1) is 5.92 Å². The molecular weight excluding hydrogens is 435 g/mol. The minimum atomic E-state index is -0.439. The number of methoxy groups -OCH3 is 1. The molecule has 1 amide bonds. The molecule has 25 heavy (non-hydrogen) atoms. The lowest BCUT2D eigenvalue weighted by molar-refractivity contribution is 0.0162. The van der Waals surface area contributed by atoms with Gasteiger partial charge in [-0.15, -0.1) is 24.0 Å². The summed E-state index contributed by atoms with van der Waals surface area (Å²) in [6.45, 7) is 9.47. The van der Waals surface area contributed by atoms with E-state index in [0.717, 1.165) is 51.4 Å². The lowest BCUT2D eigenvalue weighted by Gasteiger charge is -2.34. The molecule has 1 fully saturated rings. The number of aliphatic imine (C=N–C) groups is 1. The molecule has 7 nitrogen and oxygen atoms in total. The van der Waals surface area contributed by atoms with Crippen LogP contribution in [0.1, 0.15) is 40.0 Å². The zero-order valence-electron chi connectivity index (χ0n) is 16.3. The van der Waals surface area contributed by atoms with E-state index in [1.165, 1.54) is 0 Å². The van der Waals surface area contributed by atoms with Crippen LogP contribution in [-0.4, -0.2) is 69.5 Å². The van der Waals surface area contributed by atoms with Gasteiger partial charge in [-0.1, -0.05) is 0 Å². The third kappa shape index (κ3) is 10.7. The molecule has 1 atom stereocenters. The molecule has 0 aromatic heterocycles. The molecule has 1 aliphatic rings. The molecule has 0 bridgehead atoms. The van der Waals surface area contributed by atoms with Gasteiger partial charge in [-0.3, -0.25) is 4.99 Å². The molecule has 148 valence electrons. The minimum absolute atomic E-state index is 0. The second-order valence-corrected chi connectivity index (χ2v) is 7.14. The molecule has 0 radical (unpaired) electrons. The van der Waals surface area contributed by atoms with Crippen LogP contribution in [0.15, 0.2) is 4.99 Å². The maximum absolute atomic E-state index is 12.2. The predicted octanol–water partition coefficient (Wildman–Crippen LogP) is 2.45. The van der Waals surface area contributed by atoms with Gasteiger partial charge in [0.25, 0.3) is 0 Å². The van der Waals surface area contributed by atoms with Crippen molar-refractivity contribution in [3.63, 3.8) is 0 Å². The van der Waals surface area contributed by atoms with Crippen LogP contribution in [0.2, 0.25) is 0 Å². The molecule has 1 unspecified atom stereocenters. The smallest absolute Gasteiger partial charge is 0.410 e. The van der Waals surface area contributed by atoms with E-state index in [1.807, 2.05) is 25.7 Å². The molecule has 1 aliphatic heterocycles. The van der Waals surface area contributed by atoms with Gasteiger partial charge in [0.05, 0.1) is 6.61 Å². The second-order valence-electron chi connectivity index (χ2n) is 7.14. The number of piperidine rings is 1. The number of halogens is 1. The van der Waals surface area contributed by atoms with Crippen molar-refractivity contribution in [2.75, 3.05) is 46.9 Å². The first-order chi connectivity index (χ1) is 11.4. The van der Waals surface area contributed by atoms with Crippen LogP contribution in [0.3, 0.4) is 0 Å². The number of hydrogen-bond donors (Lipinski definition) is 2. The standard InChI is InChI=1S/C17H34N4O3.HI/c1-17(2,3)24-16(22)21-11-6-7-14(13-21)8-9-19-15(18-4)20-10-12-23-5;/h14H,6-13H2,1-5H3,(H2,18,19,20);1H. The molecule has 1 heterocycles. The number of nitrogens with zero attached hydrogens (tertiary/aromatic N) is 2. The van der Waals surface area contributed by atoms with Gasteiger partial charge in [-0.2, -0.15) is 0 Å². The Kier molecular flexibility index (Phi) is 12.2. The van der Waals surface area contributed by atoms with Gasteiger partial charge in [0.15, 0.2) is 5.96 Å². The van der Waals surface area contributed by atoms with Gasteiger partial charge >= 0.3 is 6.09 Å². The van der Waals surface area contributed by atoms with Crippen molar-refractivity contribution >= 4 is 36.0 Å². The number of nitrogens with one attached hydrogen (secondary N) is 2. The number of ether oxygens (including phenoxy) is 2. The molecule has 2 N–H and O–H groups in total. The number of amides is 1. The Morgan fingerprint density at radius 2 is 1.96 bits per heavy atom. The Morgan fingerprint density at radius 1 is 1.28 bits per heavy atom. The molecule has 1 saturated heterocycles. The number of carbonyl (C=O) groups is 1. The first kappa shape index (κ1) is 24.2. The first-order valence-corrected chi connectivity index (χ1v) is 8.77. The van der Waals surface area contributed by atoms with E-state index in [0.29, 0.717) is 12.5 Å². The van der Waals surface area contributed by atoms with Gasteiger partial charge in [0.1, 0.15) is 5.60 Å². The van der Waals surface area contributed by atoms with Crippen LogP contribution in [0.4, 0.5) is 4.79 Å². The second kappa shape index (κ2) is 12.6. The van der Waals surface area contributed by atoms with Crippen molar-refractivity contribution in [2.45, 2.75) is 45.6 Å². The van der Waals surface area contributed by atoms with Gasteiger partial charge < -0.3 is 25.0 Å². The Balaban J connectivity index is 0.00000576. The Labute approximate surface area is 169 Å². The molecule has 0 aromatic rings. The Bertz CT molecular complexity index is 413. The fourth-order valence-electron chi connectivity index (χ4n) is 2.68. The molecular formula is C17H35IN4O3. The molecule has 0 aromatic carbocycles. The van der Waals surface area contributed by atoms with E-state index in [-0.39, 0.29) is 30.1 Å². The monoisotopic (exact) mass is 470 g/mol. The molecule has 0 aliphatic carbocycles. The quantitative estimate of drug-likeness (QED) is 0.270. The summed E-state index contributed by atoms with van der Waals surface area (Å²) in [5.74, 6) is 1.28. The van der Waals surface area contributed by atoms with Gasteiger partial charge in [0, 0.05) is 40.3 Å². The van der Waals surface area contributed by atoms with Crippen molar-refractivity contribution in [2.24, 2.45) is 10.9 Å². The highest BCUT2D eigenvalue weighted by molar-refractivity contribution is 14.0. The van der Waals surface area contributed by atoms with Crippen LogP contribution in [-0.2, 0) is 9.47 Å². The molecule has 8 heteroatoms. The van der Waals surface area contributed by atoms with Crippen molar-refractivity contribution in [3.05, 3.63) is 0 Å². The van der Waals surface area contributed by atoms with Crippen molar-refractivity contribution < 1.29 is 14.3 Å². The summed E-state index contributed by atoms with van der Waals surface area (Å²) in [5, 5.41) is 6.50. The topological polar surface area (TPSA) is 75.2 Å². The van der Waals surface area contributed by atoms with E-state index in [2.05, 4.69) is 15.6 Å². The zero-order chi connectivity index (χ0) is 18.0. The lowest BCUT2D eigenvalue weighted by Crippen LogP contribution is -2.44. The zero-order valence-corrected chi connectivity index (χ0v) is 18.6. The Hall–Kier alpha value is -0.770. The third-order valence-corrected chi connectivity index (χ3v) is 3.84. The summed E-state index contributed by atoms with van der Waals surface area (Å²) >= 11 is 0. The van der Waals surface area contributed by atoms with Crippen LogP contribution in [0.25, 0.3) is 0 Å². The molecule has 0 saturated carbocycles. The average Bonchev–Trinajstić information content (AvgIpc) is 2.52. The SMILES string of the molecule is CN=C(NCCOC)NCCC1CCCN(C(=O)OC(C)(C)C)C1.I. The fourth-order valence-corrected chi connectivity index (χ4v) is 2.68. The molecule has 0 spiro atoms.